The number of pyridine rings is 1. The largest absolute Gasteiger partial charge is 0.478 e. The fourth-order valence-electron chi connectivity index (χ4n) is 2.34. The molecular formula is C19H21ClN2O4. The second-order valence-corrected chi connectivity index (χ2v) is 5.86. The Balaban J connectivity index is 2.26. The first-order chi connectivity index (χ1) is 12.5. The Morgan fingerprint density at radius 3 is 2.54 bits per heavy atom. The SMILES string of the molecule is CCOc1ccc(Cl)c(C(=O)N(CCC(=O)OC)Cc2ccccc2)n1. The van der Waals surface area contributed by atoms with Crippen LogP contribution in [0.3, 0.4) is 0 Å². The number of esters is 1. The first kappa shape index (κ1) is 19.7. The lowest BCUT2D eigenvalue weighted by Gasteiger charge is -2.22. The zero-order chi connectivity index (χ0) is 18.9. The van der Waals surface area contributed by atoms with Crippen molar-refractivity contribution in [2.24, 2.45) is 0 Å². The van der Waals surface area contributed by atoms with E-state index >= 15 is 0 Å². The minimum atomic E-state index is -0.391. The molecule has 2 aromatic rings. The van der Waals surface area contributed by atoms with Gasteiger partial charge in [-0.05, 0) is 18.6 Å². The molecule has 6 nitrogen and oxygen atoms in total. The number of hydrogen-bond donors (Lipinski definition) is 0. The number of aromatic nitrogens is 1. The summed E-state index contributed by atoms with van der Waals surface area (Å²) in [7, 11) is 1.32. The van der Waals surface area contributed by atoms with Gasteiger partial charge in [0.15, 0.2) is 5.69 Å². The van der Waals surface area contributed by atoms with Crippen LogP contribution in [0.15, 0.2) is 42.5 Å². The van der Waals surface area contributed by atoms with Gasteiger partial charge in [0.05, 0.1) is 25.2 Å². The van der Waals surface area contributed by atoms with Crippen LogP contribution >= 0.6 is 11.6 Å². The molecule has 0 N–H and O–H groups in total. The Hall–Kier alpha value is -2.60. The fourth-order valence-corrected chi connectivity index (χ4v) is 2.52. The first-order valence-electron chi connectivity index (χ1n) is 8.24. The van der Waals surface area contributed by atoms with E-state index in [-0.39, 0.29) is 29.6 Å². The number of carbonyl (C=O) groups is 2. The summed E-state index contributed by atoms with van der Waals surface area (Å²) in [5.74, 6) is -0.435. The highest BCUT2D eigenvalue weighted by Crippen LogP contribution is 2.21. The minimum Gasteiger partial charge on any atom is -0.478 e. The molecule has 0 atom stereocenters. The van der Waals surface area contributed by atoms with Gasteiger partial charge in [-0.15, -0.1) is 0 Å². The maximum absolute atomic E-state index is 13.0. The van der Waals surface area contributed by atoms with Crippen LogP contribution in [-0.4, -0.2) is 42.0 Å². The molecular weight excluding hydrogens is 356 g/mol. The van der Waals surface area contributed by atoms with Crippen molar-refractivity contribution in [3.05, 3.63) is 58.7 Å². The Morgan fingerprint density at radius 1 is 1.15 bits per heavy atom. The number of benzene rings is 1. The lowest BCUT2D eigenvalue weighted by Crippen LogP contribution is -2.33. The number of ether oxygens (including phenoxy) is 2. The summed E-state index contributed by atoms with van der Waals surface area (Å²) in [6, 6.07) is 12.7. The highest BCUT2D eigenvalue weighted by atomic mass is 35.5. The number of carbonyl (C=O) groups excluding carboxylic acids is 2. The van der Waals surface area contributed by atoms with Crippen LogP contribution in [0.1, 0.15) is 29.4 Å². The molecule has 0 aliphatic rings. The monoisotopic (exact) mass is 376 g/mol. The van der Waals surface area contributed by atoms with Crippen molar-refractivity contribution in [1.29, 1.82) is 0 Å². The van der Waals surface area contributed by atoms with Crippen LogP contribution < -0.4 is 4.74 Å². The predicted molar refractivity (Wildman–Crippen MR) is 98.2 cm³/mol. The topological polar surface area (TPSA) is 68.7 Å². The molecule has 7 heteroatoms. The van der Waals surface area contributed by atoms with Crippen LogP contribution in [0.25, 0.3) is 0 Å². The van der Waals surface area contributed by atoms with E-state index in [0.29, 0.717) is 19.0 Å². The lowest BCUT2D eigenvalue weighted by atomic mass is 10.2. The molecule has 0 aliphatic carbocycles. The molecule has 1 amide bonds. The number of halogens is 1. The molecule has 0 aliphatic heterocycles. The average Bonchev–Trinajstić information content (AvgIpc) is 2.66. The third-order valence-corrected chi connectivity index (χ3v) is 3.94. The molecule has 0 radical (unpaired) electrons. The van der Waals surface area contributed by atoms with Gasteiger partial charge < -0.3 is 14.4 Å². The maximum Gasteiger partial charge on any atom is 0.307 e. The fraction of sp³-hybridized carbons (Fsp3) is 0.316. The van der Waals surface area contributed by atoms with Crippen molar-refractivity contribution in [2.45, 2.75) is 19.9 Å². The van der Waals surface area contributed by atoms with Crippen molar-refractivity contribution < 1.29 is 19.1 Å². The van der Waals surface area contributed by atoms with Crippen molar-refractivity contribution in [3.8, 4) is 5.88 Å². The number of rotatable bonds is 8. The maximum atomic E-state index is 13.0. The Morgan fingerprint density at radius 2 is 1.88 bits per heavy atom. The number of amides is 1. The zero-order valence-corrected chi connectivity index (χ0v) is 15.5. The van der Waals surface area contributed by atoms with Crippen molar-refractivity contribution in [3.63, 3.8) is 0 Å². The molecule has 1 aromatic heterocycles. The van der Waals surface area contributed by atoms with Gasteiger partial charge in [-0.1, -0.05) is 41.9 Å². The van der Waals surface area contributed by atoms with E-state index in [0.717, 1.165) is 5.56 Å². The summed E-state index contributed by atoms with van der Waals surface area (Å²) in [4.78, 5) is 30.2. The van der Waals surface area contributed by atoms with E-state index in [9.17, 15) is 9.59 Å². The van der Waals surface area contributed by atoms with Crippen LogP contribution in [0.5, 0.6) is 5.88 Å². The van der Waals surface area contributed by atoms with Crippen molar-refractivity contribution in [1.82, 2.24) is 9.88 Å². The Labute approximate surface area is 157 Å². The quantitative estimate of drug-likeness (QED) is 0.661. The molecule has 0 saturated heterocycles. The molecule has 1 heterocycles. The number of hydrogen-bond acceptors (Lipinski definition) is 5. The van der Waals surface area contributed by atoms with Crippen LogP contribution in [0.4, 0.5) is 0 Å². The van der Waals surface area contributed by atoms with E-state index in [1.807, 2.05) is 37.3 Å². The summed E-state index contributed by atoms with van der Waals surface area (Å²) in [5.41, 5.74) is 1.03. The molecule has 0 bridgehead atoms. The zero-order valence-electron chi connectivity index (χ0n) is 14.8. The molecule has 138 valence electrons. The van der Waals surface area contributed by atoms with E-state index in [4.69, 9.17) is 16.3 Å². The smallest absolute Gasteiger partial charge is 0.307 e. The van der Waals surface area contributed by atoms with Gasteiger partial charge >= 0.3 is 5.97 Å². The summed E-state index contributed by atoms with van der Waals surface area (Å²) in [6.07, 6.45) is 0.0812. The van der Waals surface area contributed by atoms with E-state index in [1.54, 1.807) is 12.1 Å². The van der Waals surface area contributed by atoms with Crippen LogP contribution in [0.2, 0.25) is 5.02 Å². The number of nitrogens with zero attached hydrogens (tertiary/aromatic N) is 2. The summed E-state index contributed by atoms with van der Waals surface area (Å²) < 4.78 is 10.0. The molecule has 0 spiro atoms. The minimum absolute atomic E-state index is 0.0812. The molecule has 1 aromatic carbocycles. The molecule has 0 unspecified atom stereocenters. The van der Waals surface area contributed by atoms with Crippen LogP contribution in [-0.2, 0) is 16.1 Å². The second-order valence-electron chi connectivity index (χ2n) is 5.45. The normalized spacial score (nSPS) is 10.3. The van der Waals surface area contributed by atoms with E-state index < -0.39 is 5.97 Å². The van der Waals surface area contributed by atoms with Gasteiger partial charge in [0.2, 0.25) is 5.88 Å². The van der Waals surface area contributed by atoms with Gasteiger partial charge in [-0.3, -0.25) is 9.59 Å². The molecule has 26 heavy (non-hydrogen) atoms. The van der Waals surface area contributed by atoms with Crippen LogP contribution in [0, 0.1) is 0 Å². The third-order valence-electron chi connectivity index (χ3n) is 3.63. The molecule has 0 fully saturated rings. The highest BCUT2D eigenvalue weighted by molar-refractivity contribution is 6.33. The highest BCUT2D eigenvalue weighted by Gasteiger charge is 2.22. The van der Waals surface area contributed by atoms with Gasteiger partial charge in [0, 0.05) is 19.2 Å². The standard InChI is InChI=1S/C19H21ClN2O4/c1-3-26-16-10-9-15(20)18(21-16)19(24)22(12-11-17(23)25-2)13-14-7-5-4-6-8-14/h4-10H,3,11-13H2,1-2H3. The molecule has 0 saturated carbocycles. The third kappa shape index (κ3) is 5.46. The summed E-state index contributed by atoms with van der Waals surface area (Å²) in [6.45, 7) is 2.78. The Bertz CT molecular complexity index is 752. The predicted octanol–water partition coefficient (Wildman–Crippen LogP) is 3.34. The lowest BCUT2D eigenvalue weighted by molar-refractivity contribution is -0.140. The van der Waals surface area contributed by atoms with E-state index in [2.05, 4.69) is 9.72 Å². The van der Waals surface area contributed by atoms with Crippen molar-refractivity contribution in [2.75, 3.05) is 20.3 Å². The van der Waals surface area contributed by atoms with Gasteiger partial charge in [0.1, 0.15) is 0 Å². The van der Waals surface area contributed by atoms with Crippen molar-refractivity contribution >= 4 is 23.5 Å². The van der Waals surface area contributed by atoms with Gasteiger partial charge in [-0.2, -0.15) is 0 Å². The Kier molecular flexibility index (Phi) is 7.41. The number of methoxy groups -OCH3 is 1. The van der Waals surface area contributed by atoms with E-state index in [1.165, 1.54) is 12.0 Å². The molecule has 2 rings (SSSR count). The average molecular weight is 377 g/mol. The first-order valence-corrected chi connectivity index (χ1v) is 8.62. The second kappa shape index (κ2) is 9.77. The van der Waals surface area contributed by atoms with Gasteiger partial charge in [0.25, 0.3) is 5.91 Å². The summed E-state index contributed by atoms with van der Waals surface area (Å²) >= 11 is 6.17. The van der Waals surface area contributed by atoms with Gasteiger partial charge in [-0.25, -0.2) is 4.98 Å². The summed E-state index contributed by atoms with van der Waals surface area (Å²) in [5, 5.41) is 0.231.